The zero-order valence-electron chi connectivity index (χ0n) is 13.2. The quantitative estimate of drug-likeness (QED) is 0.635. The summed E-state index contributed by atoms with van der Waals surface area (Å²) in [6.07, 6.45) is 3.18. The molecule has 2 aliphatic carbocycles. The number of aromatic nitrogens is 3. The van der Waals surface area contributed by atoms with Gasteiger partial charge in [-0.3, -0.25) is 9.78 Å². The van der Waals surface area contributed by atoms with Crippen LogP contribution in [0, 0.1) is 17.8 Å². The number of H-pyrrole nitrogens is 2. The maximum absolute atomic E-state index is 12.4. The van der Waals surface area contributed by atoms with E-state index in [1.165, 1.54) is 0 Å². The van der Waals surface area contributed by atoms with Crippen LogP contribution in [0.25, 0.3) is 0 Å². The molecule has 0 spiro atoms. The molecule has 3 N–H and O–H groups in total. The second-order valence-electron chi connectivity index (χ2n) is 7.00. The largest absolute Gasteiger partial charge is 0.349 e. The Balaban J connectivity index is 1.35. The zero-order chi connectivity index (χ0) is 16.9. The van der Waals surface area contributed by atoms with E-state index in [1.807, 2.05) is 0 Å². The van der Waals surface area contributed by atoms with Crippen LogP contribution >= 0.6 is 0 Å². The lowest BCUT2D eigenvalue weighted by atomic mass is 9.61. The second kappa shape index (κ2) is 5.69. The molecule has 0 unspecified atom stereocenters. The summed E-state index contributed by atoms with van der Waals surface area (Å²) in [6, 6.07) is 0. The van der Waals surface area contributed by atoms with Crippen LogP contribution in [0.15, 0.2) is 4.79 Å². The molecule has 1 aromatic rings. The molecular weight excluding hydrogens is 334 g/mol. The molecule has 3 aliphatic rings. The number of sulfonamides is 1. The summed E-state index contributed by atoms with van der Waals surface area (Å²) in [5, 5.41) is 8.58. The summed E-state index contributed by atoms with van der Waals surface area (Å²) in [6.45, 7) is 1.21. The average molecular weight is 355 g/mol. The minimum atomic E-state index is -3.17. The molecule has 9 nitrogen and oxygen atoms in total. The van der Waals surface area contributed by atoms with Gasteiger partial charge in [0.25, 0.3) is 0 Å². The van der Waals surface area contributed by atoms with Crippen molar-refractivity contribution in [3.05, 3.63) is 16.3 Å². The fourth-order valence-electron chi connectivity index (χ4n) is 3.85. The first-order chi connectivity index (χ1) is 11.4. The van der Waals surface area contributed by atoms with E-state index >= 15 is 0 Å². The van der Waals surface area contributed by atoms with Crippen molar-refractivity contribution in [3.8, 4) is 0 Å². The number of nitrogens with zero attached hydrogens (tertiary/aromatic N) is 2. The van der Waals surface area contributed by atoms with Crippen molar-refractivity contribution in [1.82, 2.24) is 24.8 Å². The highest BCUT2D eigenvalue weighted by atomic mass is 32.2. The van der Waals surface area contributed by atoms with Gasteiger partial charge in [-0.2, -0.15) is 5.10 Å². The summed E-state index contributed by atoms with van der Waals surface area (Å²) >= 11 is 0. The third-order valence-corrected chi connectivity index (χ3v) is 7.83. The van der Waals surface area contributed by atoms with Gasteiger partial charge in [0.15, 0.2) is 0 Å². The van der Waals surface area contributed by atoms with E-state index in [0.29, 0.717) is 24.8 Å². The van der Waals surface area contributed by atoms with Gasteiger partial charge < -0.3 is 5.32 Å². The molecule has 4 rings (SSSR count). The Bertz CT molecular complexity index is 796. The monoisotopic (exact) mass is 355 g/mol. The maximum atomic E-state index is 12.4. The van der Waals surface area contributed by atoms with Crippen molar-refractivity contribution in [3.63, 3.8) is 0 Å². The van der Waals surface area contributed by atoms with Crippen molar-refractivity contribution in [2.75, 3.05) is 13.1 Å². The van der Waals surface area contributed by atoms with Crippen LogP contribution in [0.2, 0.25) is 0 Å². The third-order valence-electron chi connectivity index (χ3n) is 5.47. The topological polar surface area (TPSA) is 128 Å². The number of hydrogen-bond donors (Lipinski definition) is 3. The van der Waals surface area contributed by atoms with Crippen LogP contribution in [0.1, 0.15) is 31.5 Å². The Morgan fingerprint density at radius 1 is 1.33 bits per heavy atom. The first kappa shape index (κ1) is 15.8. The second-order valence-corrected chi connectivity index (χ2v) is 9.21. The smallest absolute Gasteiger partial charge is 0.340 e. The van der Waals surface area contributed by atoms with E-state index in [9.17, 15) is 18.0 Å². The Hall–Kier alpha value is -1.68. The molecule has 2 heterocycles. The number of rotatable bonds is 5. The van der Waals surface area contributed by atoms with Gasteiger partial charge in [0.05, 0.1) is 11.8 Å². The summed E-state index contributed by atoms with van der Waals surface area (Å²) in [5.74, 6) is 0.677. The van der Waals surface area contributed by atoms with Crippen LogP contribution in [0.5, 0.6) is 0 Å². The van der Waals surface area contributed by atoms with Crippen molar-refractivity contribution < 1.29 is 13.2 Å². The average Bonchev–Trinajstić information content (AvgIpc) is 3.30. The molecule has 132 valence electrons. The van der Waals surface area contributed by atoms with Crippen molar-refractivity contribution in [2.24, 2.45) is 17.8 Å². The predicted octanol–water partition coefficient (Wildman–Crippen LogP) is -0.836. The normalized spacial score (nSPS) is 30.4. The molecule has 1 aliphatic heterocycles. The van der Waals surface area contributed by atoms with E-state index in [2.05, 4.69) is 20.5 Å². The van der Waals surface area contributed by atoms with Crippen LogP contribution < -0.4 is 11.0 Å². The van der Waals surface area contributed by atoms with Gasteiger partial charge in [-0.1, -0.05) is 0 Å². The van der Waals surface area contributed by atoms with Gasteiger partial charge in [0, 0.05) is 19.0 Å². The molecule has 1 saturated heterocycles. The summed E-state index contributed by atoms with van der Waals surface area (Å²) in [5.41, 5.74) is -0.406. The van der Waals surface area contributed by atoms with Gasteiger partial charge >= 0.3 is 5.69 Å². The van der Waals surface area contributed by atoms with Gasteiger partial charge in [-0.15, -0.1) is 0 Å². The summed E-state index contributed by atoms with van der Waals surface area (Å²) in [4.78, 5) is 25.8. The highest BCUT2D eigenvalue weighted by Crippen LogP contribution is 2.47. The number of amides is 1. The van der Waals surface area contributed by atoms with Gasteiger partial charge in [0.1, 0.15) is 5.82 Å². The number of carbonyl (C=O) groups is 1. The summed E-state index contributed by atoms with van der Waals surface area (Å²) < 4.78 is 26.4. The lowest BCUT2D eigenvalue weighted by molar-refractivity contribution is -0.135. The number of aromatic amines is 2. The summed E-state index contributed by atoms with van der Waals surface area (Å²) in [7, 11) is -3.17. The third kappa shape index (κ3) is 2.77. The number of carbonyl (C=O) groups excluding carboxylic acids is 1. The van der Waals surface area contributed by atoms with E-state index < -0.39 is 15.7 Å². The van der Waals surface area contributed by atoms with Crippen LogP contribution in [0.3, 0.4) is 0 Å². The van der Waals surface area contributed by atoms with Crippen molar-refractivity contribution in [1.29, 1.82) is 0 Å². The predicted molar refractivity (Wildman–Crippen MR) is 84.3 cm³/mol. The van der Waals surface area contributed by atoms with Crippen LogP contribution in [-0.2, 0) is 21.4 Å². The van der Waals surface area contributed by atoms with E-state index in [1.54, 1.807) is 4.31 Å². The Kier molecular flexibility index (Phi) is 3.75. The SMILES string of the molecule is O=C(NCc1n[nH]c(=O)[nH]1)[C@@H]1C[C@H]2CCN(S(=O)(=O)C3CC3)C[C@H]21. The Morgan fingerprint density at radius 3 is 2.79 bits per heavy atom. The van der Waals surface area contributed by atoms with Gasteiger partial charge in [-0.25, -0.2) is 22.6 Å². The standard InChI is InChI=1S/C14H21N5O4S/c20-13(15-6-12-16-14(21)18-17-12)10-5-8-3-4-19(7-11(8)10)24(22,23)9-1-2-9/h8-11H,1-7H2,(H,15,20)(H2,16,17,18,21)/t8-,10-,11-/m1/s1. The first-order valence-electron chi connectivity index (χ1n) is 8.35. The highest BCUT2D eigenvalue weighted by molar-refractivity contribution is 7.90. The lowest BCUT2D eigenvalue weighted by Gasteiger charge is -2.49. The zero-order valence-corrected chi connectivity index (χ0v) is 14.0. The number of fused-ring (bicyclic) bond motifs is 1. The fourth-order valence-corrected chi connectivity index (χ4v) is 5.75. The number of hydrogen-bond acceptors (Lipinski definition) is 5. The van der Waals surface area contributed by atoms with E-state index in [0.717, 1.165) is 25.7 Å². The molecule has 3 fully saturated rings. The molecule has 2 saturated carbocycles. The highest BCUT2D eigenvalue weighted by Gasteiger charge is 2.51. The van der Waals surface area contributed by atoms with Crippen LogP contribution in [0.4, 0.5) is 0 Å². The fraction of sp³-hybridized carbons (Fsp3) is 0.786. The molecule has 0 aromatic carbocycles. The van der Waals surface area contributed by atoms with E-state index in [4.69, 9.17) is 0 Å². The van der Waals surface area contributed by atoms with Gasteiger partial charge in [-0.05, 0) is 37.5 Å². The van der Waals surface area contributed by atoms with Crippen molar-refractivity contribution in [2.45, 2.75) is 37.5 Å². The Labute approximate surface area is 139 Å². The molecule has 24 heavy (non-hydrogen) atoms. The number of nitrogens with one attached hydrogen (secondary N) is 3. The molecule has 0 bridgehead atoms. The molecule has 0 radical (unpaired) electrons. The number of piperidine rings is 1. The minimum Gasteiger partial charge on any atom is -0.349 e. The Morgan fingerprint density at radius 2 is 2.12 bits per heavy atom. The molecule has 1 aromatic heterocycles. The lowest BCUT2D eigenvalue weighted by Crippen LogP contribution is -2.56. The van der Waals surface area contributed by atoms with Gasteiger partial charge in [0.2, 0.25) is 15.9 Å². The maximum Gasteiger partial charge on any atom is 0.340 e. The minimum absolute atomic E-state index is 0.0919. The van der Waals surface area contributed by atoms with Crippen molar-refractivity contribution >= 4 is 15.9 Å². The molecule has 3 atom stereocenters. The van der Waals surface area contributed by atoms with Crippen LogP contribution in [-0.4, -0.2) is 52.2 Å². The molecule has 10 heteroatoms. The molecule has 1 amide bonds. The molecular formula is C14H21N5O4S. The first-order valence-corrected chi connectivity index (χ1v) is 9.85. The van der Waals surface area contributed by atoms with E-state index in [-0.39, 0.29) is 29.5 Å².